The Balaban J connectivity index is 0.00000392. The normalized spacial score (nSPS) is 23.7. The Morgan fingerprint density at radius 1 is 0.821 bits per heavy atom. The van der Waals surface area contributed by atoms with Crippen LogP contribution in [0.15, 0.2) is 20.6 Å². The molecule has 0 bridgehead atoms. The number of nitrogens with one attached hydrogen (secondary N) is 1. The second-order valence-corrected chi connectivity index (χ2v) is 15.9. The third kappa shape index (κ3) is 6.71. The predicted molar refractivity (Wildman–Crippen MR) is 126 cm³/mol. The minimum absolute atomic E-state index is 0. The summed E-state index contributed by atoms with van der Waals surface area (Å²) in [6.07, 6.45) is 14.1. The number of allylic oxidation sites excluding steroid dienone is 4. The number of hydrogen-bond acceptors (Lipinski definition) is 1. The van der Waals surface area contributed by atoms with Gasteiger partial charge in [0.05, 0.1) is 0 Å². The summed E-state index contributed by atoms with van der Waals surface area (Å²) in [5.41, 5.74) is 4.42. The van der Waals surface area contributed by atoms with Crippen molar-refractivity contribution in [1.82, 2.24) is 3.80 Å². The van der Waals surface area contributed by atoms with Crippen LogP contribution in [0.3, 0.4) is 0 Å². The van der Waals surface area contributed by atoms with Crippen LogP contribution >= 0.6 is 0 Å². The van der Waals surface area contributed by atoms with Crippen molar-refractivity contribution < 1.29 is 21.6 Å². The van der Waals surface area contributed by atoms with E-state index in [4.69, 9.17) is 0 Å². The summed E-state index contributed by atoms with van der Waals surface area (Å²) in [6.45, 7) is 9.12. The van der Waals surface area contributed by atoms with Crippen LogP contribution < -0.4 is 3.80 Å². The van der Waals surface area contributed by atoms with Gasteiger partial charge in [0.25, 0.3) is 0 Å². The number of rotatable bonds is 3. The molecular weight excluding hydrogens is 394 g/mol. The molecule has 0 heterocycles. The van der Waals surface area contributed by atoms with E-state index in [0.717, 1.165) is 12.8 Å². The number of amides is 1. The second-order valence-electron chi connectivity index (χ2n) is 9.64. The zero-order valence-corrected chi connectivity index (χ0v) is 20.4. The monoisotopic (exact) mass is 441 g/mol. The van der Waals surface area contributed by atoms with Gasteiger partial charge in [-0.3, -0.25) is 0 Å². The maximum atomic E-state index is 13.3. The molecule has 2 aliphatic carbocycles. The summed E-state index contributed by atoms with van der Waals surface area (Å²) in [6, 6.07) is 0. The van der Waals surface area contributed by atoms with Crippen molar-refractivity contribution in [2.75, 3.05) is 0 Å². The first-order valence-corrected chi connectivity index (χ1v) is 16.1. The summed E-state index contributed by atoms with van der Waals surface area (Å²) in [5.74, 6) is 1.12. The van der Waals surface area contributed by atoms with Crippen molar-refractivity contribution in [3.8, 4) is 0 Å². The van der Waals surface area contributed by atoms with E-state index in [1.807, 2.05) is 0 Å². The zero-order chi connectivity index (χ0) is 20.0. The minimum atomic E-state index is -2.55. The van der Waals surface area contributed by atoms with Crippen LogP contribution in [0.4, 0.5) is 0 Å². The van der Waals surface area contributed by atoms with Crippen LogP contribution in [-0.4, -0.2) is 16.9 Å². The summed E-state index contributed by atoms with van der Waals surface area (Å²) in [5, 5.41) is 4.77. The van der Waals surface area contributed by atoms with Gasteiger partial charge in [0.1, 0.15) is 0 Å². The van der Waals surface area contributed by atoms with Crippen LogP contribution in [0.1, 0.15) is 98.3 Å². The first-order valence-electron chi connectivity index (χ1n) is 11.5. The van der Waals surface area contributed by atoms with Crippen molar-refractivity contribution in [3.63, 3.8) is 0 Å². The third-order valence-corrected chi connectivity index (χ3v) is 12.0. The van der Waals surface area contributed by atoms with Crippen LogP contribution in [0.25, 0.3) is 0 Å². The van der Waals surface area contributed by atoms with Crippen LogP contribution in [0, 0.1) is 11.8 Å². The van der Waals surface area contributed by atoms with Gasteiger partial charge < -0.3 is 0 Å². The fourth-order valence-electron chi connectivity index (χ4n) is 5.28. The Bertz CT molecular complexity index is 581. The van der Waals surface area contributed by atoms with Crippen molar-refractivity contribution in [2.24, 2.45) is 11.8 Å². The van der Waals surface area contributed by atoms with Gasteiger partial charge in [0.15, 0.2) is 0 Å². The van der Waals surface area contributed by atoms with Crippen LogP contribution in [0.2, 0.25) is 10.5 Å². The van der Waals surface area contributed by atoms with Gasteiger partial charge in [-0.15, -0.1) is 0 Å². The van der Waals surface area contributed by atoms with Gasteiger partial charge >= 0.3 is 173 Å². The van der Waals surface area contributed by atoms with E-state index in [-0.39, 0.29) is 16.9 Å². The molecule has 1 amide bonds. The van der Waals surface area contributed by atoms with Gasteiger partial charge in [-0.05, 0) is 11.0 Å². The van der Waals surface area contributed by atoms with Gasteiger partial charge in [-0.1, -0.05) is 0 Å². The maximum Gasteiger partial charge on any atom is -0.0149 e. The smallest absolute Gasteiger partial charge is 0.0149 e. The molecule has 2 rings (SSSR count). The molecule has 1 saturated carbocycles. The first kappa shape index (κ1) is 25.9. The average molecular weight is 442 g/mol. The summed E-state index contributed by atoms with van der Waals surface area (Å²) in [7, 11) is 0. The molecule has 28 heavy (non-hydrogen) atoms. The fourth-order valence-corrected chi connectivity index (χ4v) is 10.6. The molecule has 0 aromatic heterocycles. The predicted octanol–water partition coefficient (Wildman–Crippen LogP) is 6.00. The van der Waals surface area contributed by atoms with Crippen LogP contribution in [0.5, 0.6) is 0 Å². The van der Waals surface area contributed by atoms with Crippen molar-refractivity contribution in [2.45, 2.75) is 109 Å². The fraction of sp³-hybridized carbons (Fsp3) is 0.792. The maximum absolute atomic E-state index is 13.3. The molecule has 0 aromatic carbocycles. The topological polar surface area (TPSA) is 29.1 Å². The summed E-state index contributed by atoms with van der Waals surface area (Å²) >= 11 is -2.55. The molecule has 0 saturated heterocycles. The van der Waals surface area contributed by atoms with Crippen molar-refractivity contribution >= 4 is 16.9 Å². The molecule has 1 N–H and O–H groups in total. The molecule has 0 aliphatic heterocycles. The Hall–Kier alpha value is -0.119. The summed E-state index contributed by atoms with van der Waals surface area (Å²) in [4.78, 5) is 13.3. The molecule has 4 heteroatoms. The summed E-state index contributed by atoms with van der Waals surface area (Å²) < 4.78 is 5.24. The first-order chi connectivity index (χ1) is 12.8. The minimum Gasteiger partial charge on any atom is -0.0149 e. The van der Waals surface area contributed by atoms with Crippen molar-refractivity contribution in [3.05, 3.63) is 20.6 Å². The molecule has 2 aliphatic rings. The Morgan fingerprint density at radius 2 is 1.25 bits per heavy atom. The molecule has 2 nitrogen and oxygen atoms in total. The van der Waals surface area contributed by atoms with E-state index in [2.05, 4.69) is 42.0 Å². The number of carbonyl (C=O) groups is 1. The molecule has 0 aromatic rings. The molecule has 0 spiro atoms. The van der Waals surface area contributed by atoms with Gasteiger partial charge in [-0.2, -0.15) is 0 Å². The molecule has 0 radical (unpaired) electrons. The van der Waals surface area contributed by atoms with E-state index in [9.17, 15) is 4.79 Å². The number of carbonyl (C=O) groups excluding carboxylic acids is 1. The van der Waals surface area contributed by atoms with Gasteiger partial charge in [-0.25, -0.2) is 0 Å². The van der Waals surface area contributed by atoms with E-state index < -0.39 is 16.8 Å². The SMILES string of the molecule is CC1=C(C)C(C)[C]([Ti]([CH3])([CH3])[NH]C(=O)C2CCCCCCCCCCC2)=C1C.[SiH4]. The quantitative estimate of drug-likeness (QED) is 0.535. The molecule has 162 valence electrons. The zero-order valence-electron chi connectivity index (χ0n) is 18.8. The molecule has 1 unspecified atom stereocenters. The van der Waals surface area contributed by atoms with Gasteiger partial charge in [0.2, 0.25) is 0 Å². The third-order valence-electron chi connectivity index (χ3n) is 7.23. The Morgan fingerprint density at radius 3 is 1.64 bits per heavy atom. The van der Waals surface area contributed by atoms with Gasteiger partial charge in [0, 0.05) is 0 Å². The molecule has 1 atom stereocenters. The Labute approximate surface area is 183 Å². The van der Waals surface area contributed by atoms with E-state index in [0.29, 0.717) is 11.8 Å². The Kier molecular flexibility index (Phi) is 11.0. The molecular formula is C24H47NOSiTi. The van der Waals surface area contributed by atoms with Crippen molar-refractivity contribution in [1.29, 1.82) is 0 Å². The van der Waals surface area contributed by atoms with Crippen LogP contribution in [-0.2, 0) is 21.6 Å². The van der Waals surface area contributed by atoms with E-state index >= 15 is 0 Å². The molecule has 1 fully saturated rings. The second kappa shape index (κ2) is 11.9. The largest absolute Gasteiger partial charge is 0.0149 e. The van der Waals surface area contributed by atoms with E-state index in [1.54, 1.807) is 3.88 Å². The number of hydrogen-bond donors (Lipinski definition) is 1. The average Bonchev–Trinajstić information content (AvgIpc) is 2.78. The van der Waals surface area contributed by atoms with E-state index in [1.165, 1.54) is 74.5 Å². The standard InChI is InChI=1S/C13H25NO.C9H13.2CH3.H4Si.Ti/c14-13(15)12-10-8-6-4-2-1-3-5-7-9-11-12;1-6-5-7(2)9(4)8(6)3;;;;/h12H,1-11H2,(H2,14,15);6H,1-4H3;2*1H3;1H4;/q;;;;;+1/p-1.